The standard InChI is InChI=1S/C21H37N3O4/c1-4-17(3)21(25)9-7-6-8-11-24-14-18(22-23-24)15-26-16-20-13-19(27-5-2)10-12-28-20/h14,17,19-20H,4-13,15-16H2,1-3H3/t17?,19-,20+/m0/s1. The Labute approximate surface area is 169 Å². The minimum atomic E-state index is 0.0958. The average Bonchev–Trinajstić information content (AvgIpc) is 3.15. The fourth-order valence-corrected chi connectivity index (χ4v) is 3.38. The summed E-state index contributed by atoms with van der Waals surface area (Å²) in [6, 6.07) is 0. The first-order valence-electron chi connectivity index (χ1n) is 10.8. The second-order valence-electron chi connectivity index (χ2n) is 7.67. The number of carbonyl (C=O) groups is 1. The van der Waals surface area contributed by atoms with Gasteiger partial charge in [-0.15, -0.1) is 5.10 Å². The van der Waals surface area contributed by atoms with Crippen LogP contribution in [0.3, 0.4) is 0 Å². The Morgan fingerprint density at radius 1 is 1.36 bits per heavy atom. The SMILES string of the molecule is CCO[C@H]1CCO[C@@H](COCc2cn(CCCCCC(=O)C(C)CC)nn2)C1. The molecule has 0 amide bonds. The fourth-order valence-electron chi connectivity index (χ4n) is 3.38. The summed E-state index contributed by atoms with van der Waals surface area (Å²) in [5.41, 5.74) is 0.837. The quantitative estimate of drug-likeness (QED) is 0.448. The van der Waals surface area contributed by atoms with Crippen LogP contribution in [0.25, 0.3) is 0 Å². The number of Topliss-reactive ketones (excluding diaryl/α,β-unsaturated/α-hetero) is 1. The molecule has 0 N–H and O–H groups in total. The molecule has 1 aromatic rings. The van der Waals surface area contributed by atoms with Gasteiger partial charge in [-0.2, -0.15) is 0 Å². The molecule has 1 fully saturated rings. The van der Waals surface area contributed by atoms with Crippen molar-refractivity contribution < 1.29 is 19.0 Å². The van der Waals surface area contributed by atoms with Crippen molar-refractivity contribution in [3.8, 4) is 0 Å². The number of ether oxygens (including phenoxy) is 3. The Balaban J connectivity index is 1.56. The van der Waals surface area contributed by atoms with Gasteiger partial charge < -0.3 is 14.2 Å². The molecule has 160 valence electrons. The number of hydrogen-bond acceptors (Lipinski definition) is 6. The summed E-state index contributed by atoms with van der Waals surface area (Å²) in [5.74, 6) is 0.583. The van der Waals surface area contributed by atoms with Crippen molar-refractivity contribution >= 4 is 5.78 Å². The van der Waals surface area contributed by atoms with Gasteiger partial charge in [0.25, 0.3) is 0 Å². The summed E-state index contributed by atoms with van der Waals surface area (Å²) < 4.78 is 19.1. The van der Waals surface area contributed by atoms with Crippen LogP contribution in [0.1, 0.15) is 71.4 Å². The van der Waals surface area contributed by atoms with E-state index in [0.29, 0.717) is 25.4 Å². The van der Waals surface area contributed by atoms with E-state index in [-0.39, 0.29) is 18.1 Å². The molecule has 1 aliphatic rings. The highest BCUT2D eigenvalue weighted by atomic mass is 16.5. The van der Waals surface area contributed by atoms with Gasteiger partial charge >= 0.3 is 0 Å². The number of carbonyl (C=O) groups excluding carboxylic acids is 1. The van der Waals surface area contributed by atoms with Crippen molar-refractivity contribution in [2.45, 2.75) is 91.1 Å². The van der Waals surface area contributed by atoms with Crippen LogP contribution < -0.4 is 0 Å². The number of aromatic nitrogens is 3. The third-order valence-electron chi connectivity index (χ3n) is 5.33. The average molecular weight is 396 g/mol. The zero-order chi connectivity index (χ0) is 20.2. The van der Waals surface area contributed by atoms with Crippen LogP contribution in [0.5, 0.6) is 0 Å². The molecule has 0 aromatic carbocycles. The van der Waals surface area contributed by atoms with Crippen molar-refractivity contribution in [1.29, 1.82) is 0 Å². The fraction of sp³-hybridized carbons (Fsp3) is 0.857. The predicted molar refractivity (Wildman–Crippen MR) is 107 cm³/mol. The Morgan fingerprint density at radius 2 is 2.21 bits per heavy atom. The van der Waals surface area contributed by atoms with Gasteiger partial charge in [-0.25, -0.2) is 0 Å². The number of hydrogen-bond donors (Lipinski definition) is 0. The summed E-state index contributed by atoms with van der Waals surface area (Å²) in [6.07, 6.45) is 8.80. The van der Waals surface area contributed by atoms with Crippen molar-refractivity contribution in [2.75, 3.05) is 19.8 Å². The van der Waals surface area contributed by atoms with E-state index in [1.807, 2.05) is 24.7 Å². The van der Waals surface area contributed by atoms with E-state index in [9.17, 15) is 4.79 Å². The van der Waals surface area contributed by atoms with Crippen LogP contribution in [0.4, 0.5) is 0 Å². The minimum Gasteiger partial charge on any atom is -0.378 e. The number of nitrogens with zero attached hydrogens (tertiary/aromatic N) is 3. The zero-order valence-electron chi connectivity index (χ0n) is 17.8. The summed E-state index contributed by atoms with van der Waals surface area (Å²) in [7, 11) is 0. The molecule has 0 saturated carbocycles. The molecular weight excluding hydrogens is 358 g/mol. The zero-order valence-corrected chi connectivity index (χ0v) is 17.8. The van der Waals surface area contributed by atoms with Crippen LogP contribution in [0, 0.1) is 5.92 Å². The van der Waals surface area contributed by atoms with E-state index >= 15 is 0 Å². The number of ketones is 1. The predicted octanol–water partition coefficient (Wildman–Crippen LogP) is 3.55. The first-order chi connectivity index (χ1) is 13.6. The lowest BCUT2D eigenvalue weighted by Gasteiger charge is -2.29. The molecule has 1 saturated heterocycles. The summed E-state index contributed by atoms with van der Waals surface area (Å²) in [6.45, 7) is 9.41. The summed E-state index contributed by atoms with van der Waals surface area (Å²) in [4.78, 5) is 11.8. The molecule has 0 spiro atoms. The molecular formula is C21H37N3O4. The van der Waals surface area contributed by atoms with Crippen molar-refractivity contribution in [3.05, 3.63) is 11.9 Å². The van der Waals surface area contributed by atoms with Crippen LogP contribution in [0.2, 0.25) is 0 Å². The molecule has 1 unspecified atom stereocenters. The van der Waals surface area contributed by atoms with Crippen LogP contribution >= 0.6 is 0 Å². The molecule has 1 aromatic heterocycles. The lowest BCUT2D eigenvalue weighted by atomic mass is 9.99. The minimum absolute atomic E-state index is 0.0958. The maximum absolute atomic E-state index is 11.8. The summed E-state index contributed by atoms with van der Waals surface area (Å²) in [5, 5.41) is 8.33. The highest BCUT2D eigenvalue weighted by molar-refractivity contribution is 5.80. The largest absolute Gasteiger partial charge is 0.378 e. The molecule has 1 aliphatic heterocycles. The molecule has 0 aliphatic carbocycles. The van der Waals surface area contributed by atoms with Gasteiger partial charge in [-0.05, 0) is 32.6 Å². The van der Waals surface area contributed by atoms with E-state index in [2.05, 4.69) is 17.2 Å². The maximum Gasteiger partial charge on any atom is 0.135 e. The molecule has 7 heteroatoms. The first-order valence-corrected chi connectivity index (χ1v) is 10.8. The molecule has 2 heterocycles. The lowest BCUT2D eigenvalue weighted by molar-refractivity contribution is -0.122. The van der Waals surface area contributed by atoms with E-state index in [1.165, 1.54) is 0 Å². The monoisotopic (exact) mass is 395 g/mol. The summed E-state index contributed by atoms with van der Waals surface area (Å²) >= 11 is 0. The Hall–Kier alpha value is -1.31. The Kier molecular flexibility index (Phi) is 10.7. The third kappa shape index (κ3) is 8.37. The lowest BCUT2D eigenvalue weighted by Crippen LogP contribution is -2.33. The highest BCUT2D eigenvalue weighted by Crippen LogP contribution is 2.17. The van der Waals surface area contributed by atoms with Gasteiger partial charge in [0.05, 0.1) is 31.6 Å². The first kappa shape index (κ1) is 23.0. The molecule has 7 nitrogen and oxygen atoms in total. The number of aryl methyl sites for hydroxylation is 1. The van der Waals surface area contributed by atoms with Crippen molar-refractivity contribution in [1.82, 2.24) is 15.0 Å². The normalized spacial score (nSPS) is 21.0. The van der Waals surface area contributed by atoms with Gasteiger partial charge in [-0.3, -0.25) is 9.48 Å². The van der Waals surface area contributed by atoms with Gasteiger partial charge in [0.15, 0.2) is 0 Å². The van der Waals surface area contributed by atoms with Crippen LogP contribution in [-0.2, 0) is 32.2 Å². The molecule has 2 rings (SSSR count). The van der Waals surface area contributed by atoms with E-state index < -0.39 is 0 Å². The Bertz CT molecular complexity index is 562. The van der Waals surface area contributed by atoms with Gasteiger partial charge in [0.2, 0.25) is 0 Å². The Morgan fingerprint density at radius 3 is 3.00 bits per heavy atom. The third-order valence-corrected chi connectivity index (χ3v) is 5.33. The highest BCUT2D eigenvalue weighted by Gasteiger charge is 2.23. The molecule has 3 atom stereocenters. The van der Waals surface area contributed by atoms with Gasteiger partial charge in [0.1, 0.15) is 11.5 Å². The van der Waals surface area contributed by atoms with E-state index in [0.717, 1.165) is 64.0 Å². The van der Waals surface area contributed by atoms with Crippen molar-refractivity contribution in [3.63, 3.8) is 0 Å². The van der Waals surface area contributed by atoms with Gasteiger partial charge in [-0.1, -0.05) is 25.5 Å². The van der Waals surface area contributed by atoms with Crippen molar-refractivity contribution in [2.24, 2.45) is 5.92 Å². The molecule has 0 bridgehead atoms. The van der Waals surface area contributed by atoms with Gasteiger partial charge in [0, 0.05) is 38.5 Å². The van der Waals surface area contributed by atoms with Crippen LogP contribution in [-0.4, -0.2) is 52.8 Å². The molecule has 28 heavy (non-hydrogen) atoms. The van der Waals surface area contributed by atoms with E-state index in [4.69, 9.17) is 14.2 Å². The smallest absolute Gasteiger partial charge is 0.135 e. The van der Waals surface area contributed by atoms with E-state index in [1.54, 1.807) is 0 Å². The van der Waals surface area contributed by atoms with Crippen LogP contribution in [0.15, 0.2) is 6.20 Å². The second-order valence-corrected chi connectivity index (χ2v) is 7.67. The maximum atomic E-state index is 11.8. The number of rotatable bonds is 14. The number of unbranched alkanes of at least 4 members (excludes halogenated alkanes) is 2. The topological polar surface area (TPSA) is 75.5 Å². The molecule has 0 radical (unpaired) electrons. The second kappa shape index (κ2) is 13.0.